The van der Waals surface area contributed by atoms with Gasteiger partial charge in [0.2, 0.25) is 0 Å². The van der Waals surface area contributed by atoms with E-state index in [1.807, 2.05) is 41.9 Å². The summed E-state index contributed by atoms with van der Waals surface area (Å²) in [4.78, 5) is 12.1. The van der Waals surface area contributed by atoms with Crippen LogP contribution in [-0.4, -0.2) is 5.78 Å². The van der Waals surface area contributed by atoms with Crippen LogP contribution in [0.25, 0.3) is 0 Å². The molecule has 0 amide bonds. The molecule has 0 spiro atoms. The zero-order valence-corrected chi connectivity index (χ0v) is 11.3. The van der Waals surface area contributed by atoms with Gasteiger partial charge in [0.25, 0.3) is 0 Å². The Balaban J connectivity index is 2.24. The summed E-state index contributed by atoms with van der Waals surface area (Å²) >= 11 is 5.04. The Morgan fingerprint density at radius 1 is 1.38 bits per heavy atom. The van der Waals surface area contributed by atoms with E-state index in [1.54, 1.807) is 11.3 Å². The highest BCUT2D eigenvalue weighted by atomic mass is 79.9. The number of ketones is 1. The predicted molar refractivity (Wildman–Crippen MR) is 71.2 cm³/mol. The van der Waals surface area contributed by atoms with Crippen molar-refractivity contribution in [3.63, 3.8) is 0 Å². The molecule has 0 atom stereocenters. The SMILES string of the molecule is Cc1ccc(Br)c(C(=O)Cc2ccsc2)c1. The van der Waals surface area contributed by atoms with E-state index in [1.165, 1.54) is 0 Å². The van der Waals surface area contributed by atoms with Crippen LogP contribution in [0.2, 0.25) is 0 Å². The van der Waals surface area contributed by atoms with E-state index < -0.39 is 0 Å². The Labute approximate surface area is 107 Å². The van der Waals surface area contributed by atoms with Crippen molar-refractivity contribution < 1.29 is 4.79 Å². The van der Waals surface area contributed by atoms with Gasteiger partial charge in [0.05, 0.1) is 0 Å². The van der Waals surface area contributed by atoms with Gasteiger partial charge in [-0.1, -0.05) is 27.6 Å². The van der Waals surface area contributed by atoms with E-state index in [9.17, 15) is 4.79 Å². The van der Waals surface area contributed by atoms with Crippen molar-refractivity contribution in [2.75, 3.05) is 0 Å². The molecule has 1 aromatic carbocycles. The molecule has 0 fully saturated rings. The average molecular weight is 295 g/mol. The van der Waals surface area contributed by atoms with Crippen molar-refractivity contribution in [3.8, 4) is 0 Å². The normalized spacial score (nSPS) is 10.4. The van der Waals surface area contributed by atoms with Gasteiger partial charge < -0.3 is 0 Å². The first-order valence-electron chi connectivity index (χ1n) is 4.97. The van der Waals surface area contributed by atoms with Gasteiger partial charge in [0.15, 0.2) is 5.78 Å². The van der Waals surface area contributed by atoms with Crippen LogP contribution in [0.3, 0.4) is 0 Å². The average Bonchev–Trinajstić information content (AvgIpc) is 2.74. The molecule has 1 nitrogen and oxygen atoms in total. The minimum atomic E-state index is 0.161. The van der Waals surface area contributed by atoms with Crippen LogP contribution in [0.5, 0.6) is 0 Å². The molecule has 0 aliphatic rings. The maximum atomic E-state index is 12.1. The fourth-order valence-corrected chi connectivity index (χ4v) is 2.66. The summed E-state index contributed by atoms with van der Waals surface area (Å²) in [6, 6.07) is 7.84. The third-order valence-electron chi connectivity index (χ3n) is 2.37. The maximum Gasteiger partial charge on any atom is 0.168 e. The van der Waals surface area contributed by atoms with Gasteiger partial charge in [-0.15, -0.1) is 0 Å². The van der Waals surface area contributed by atoms with Crippen molar-refractivity contribution in [2.24, 2.45) is 0 Å². The standard InChI is InChI=1S/C13H11BrOS/c1-9-2-3-12(14)11(6-9)13(15)7-10-4-5-16-8-10/h2-6,8H,7H2,1H3. The number of hydrogen-bond donors (Lipinski definition) is 0. The van der Waals surface area contributed by atoms with Crippen LogP contribution < -0.4 is 0 Å². The summed E-state index contributed by atoms with van der Waals surface area (Å²) in [7, 11) is 0. The summed E-state index contributed by atoms with van der Waals surface area (Å²) in [5, 5.41) is 4.01. The van der Waals surface area contributed by atoms with Crippen LogP contribution in [0.4, 0.5) is 0 Å². The summed E-state index contributed by atoms with van der Waals surface area (Å²) in [6.45, 7) is 1.99. The minimum Gasteiger partial charge on any atom is -0.294 e. The predicted octanol–water partition coefficient (Wildman–Crippen LogP) is 4.24. The molecule has 1 heterocycles. The lowest BCUT2D eigenvalue weighted by Gasteiger charge is -2.04. The van der Waals surface area contributed by atoms with Gasteiger partial charge in [-0.3, -0.25) is 4.79 Å². The molecular formula is C13H11BrOS. The molecule has 0 N–H and O–H groups in total. The number of carbonyl (C=O) groups excluding carboxylic acids is 1. The fraction of sp³-hybridized carbons (Fsp3) is 0.154. The molecule has 3 heteroatoms. The second kappa shape index (κ2) is 4.93. The monoisotopic (exact) mass is 294 g/mol. The molecule has 2 rings (SSSR count). The highest BCUT2D eigenvalue weighted by Gasteiger charge is 2.11. The minimum absolute atomic E-state index is 0.161. The van der Waals surface area contributed by atoms with Gasteiger partial charge in [-0.25, -0.2) is 0 Å². The quantitative estimate of drug-likeness (QED) is 0.774. The smallest absolute Gasteiger partial charge is 0.168 e. The number of Topliss-reactive ketones (excluding diaryl/α,β-unsaturated/α-hetero) is 1. The van der Waals surface area contributed by atoms with Crippen molar-refractivity contribution in [1.82, 2.24) is 0 Å². The van der Waals surface area contributed by atoms with Crippen LogP contribution in [0.1, 0.15) is 21.5 Å². The van der Waals surface area contributed by atoms with Crippen LogP contribution in [0, 0.1) is 6.92 Å². The highest BCUT2D eigenvalue weighted by molar-refractivity contribution is 9.10. The largest absolute Gasteiger partial charge is 0.294 e. The molecule has 2 aromatic rings. The van der Waals surface area contributed by atoms with Crippen molar-refractivity contribution in [1.29, 1.82) is 0 Å². The van der Waals surface area contributed by atoms with Gasteiger partial charge >= 0.3 is 0 Å². The van der Waals surface area contributed by atoms with E-state index in [-0.39, 0.29) is 5.78 Å². The van der Waals surface area contributed by atoms with Gasteiger partial charge in [-0.2, -0.15) is 11.3 Å². The second-order valence-electron chi connectivity index (χ2n) is 3.71. The maximum absolute atomic E-state index is 12.1. The van der Waals surface area contributed by atoms with Crippen molar-refractivity contribution >= 4 is 33.0 Å². The van der Waals surface area contributed by atoms with Crippen LogP contribution in [0.15, 0.2) is 39.5 Å². The van der Waals surface area contributed by atoms with Gasteiger partial charge in [0.1, 0.15) is 0 Å². The molecule has 0 saturated heterocycles. The van der Waals surface area contributed by atoms with Crippen molar-refractivity contribution in [2.45, 2.75) is 13.3 Å². The zero-order chi connectivity index (χ0) is 11.5. The van der Waals surface area contributed by atoms with E-state index in [0.29, 0.717) is 6.42 Å². The Bertz CT molecular complexity index is 503. The molecular weight excluding hydrogens is 284 g/mol. The Morgan fingerprint density at radius 2 is 2.19 bits per heavy atom. The molecule has 0 saturated carbocycles. The van der Waals surface area contributed by atoms with Gasteiger partial charge in [0, 0.05) is 16.5 Å². The lowest BCUT2D eigenvalue weighted by atomic mass is 10.0. The van der Waals surface area contributed by atoms with Crippen molar-refractivity contribution in [3.05, 3.63) is 56.2 Å². The molecule has 0 unspecified atom stereocenters. The van der Waals surface area contributed by atoms with E-state index >= 15 is 0 Å². The molecule has 1 aromatic heterocycles. The number of thiophene rings is 1. The molecule has 16 heavy (non-hydrogen) atoms. The van der Waals surface area contributed by atoms with E-state index in [2.05, 4.69) is 15.9 Å². The molecule has 0 aliphatic heterocycles. The Morgan fingerprint density at radius 3 is 2.88 bits per heavy atom. The summed E-state index contributed by atoms with van der Waals surface area (Å²) < 4.78 is 0.873. The first-order chi connectivity index (χ1) is 7.66. The number of hydrogen-bond acceptors (Lipinski definition) is 2. The van der Waals surface area contributed by atoms with E-state index in [0.717, 1.165) is 21.2 Å². The molecule has 0 aliphatic carbocycles. The first-order valence-corrected chi connectivity index (χ1v) is 6.71. The fourth-order valence-electron chi connectivity index (χ4n) is 1.53. The van der Waals surface area contributed by atoms with Gasteiger partial charge in [-0.05, 0) is 41.4 Å². The molecule has 0 bridgehead atoms. The zero-order valence-electron chi connectivity index (χ0n) is 8.87. The summed E-state index contributed by atoms with van der Waals surface area (Å²) in [6.07, 6.45) is 0.478. The summed E-state index contributed by atoms with van der Waals surface area (Å²) in [5.41, 5.74) is 2.96. The first kappa shape index (κ1) is 11.6. The molecule has 0 radical (unpaired) electrons. The Kier molecular flexibility index (Phi) is 3.56. The number of carbonyl (C=O) groups is 1. The second-order valence-corrected chi connectivity index (χ2v) is 5.35. The Hall–Kier alpha value is -0.930. The van der Waals surface area contributed by atoms with E-state index in [4.69, 9.17) is 0 Å². The van der Waals surface area contributed by atoms with Crippen LogP contribution >= 0.6 is 27.3 Å². The van der Waals surface area contributed by atoms with Crippen LogP contribution in [-0.2, 0) is 6.42 Å². The topological polar surface area (TPSA) is 17.1 Å². The third kappa shape index (κ3) is 2.60. The summed E-state index contributed by atoms with van der Waals surface area (Å²) in [5.74, 6) is 0.161. The number of halogens is 1. The number of aryl methyl sites for hydroxylation is 1. The molecule has 82 valence electrons. The lowest BCUT2D eigenvalue weighted by molar-refractivity contribution is 0.0992. The third-order valence-corrected chi connectivity index (χ3v) is 3.79. The lowest BCUT2D eigenvalue weighted by Crippen LogP contribution is -2.04. The number of benzene rings is 1. The number of rotatable bonds is 3. The highest BCUT2D eigenvalue weighted by Crippen LogP contribution is 2.20.